The Morgan fingerprint density at radius 3 is 2.41 bits per heavy atom. The van der Waals surface area contributed by atoms with Gasteiger partial charge in [-0.1, -0.05) is 18.5 Å². The normalized spacial score (nSPS) is 25.6. The van der Waals surface area contributed by atoms with Crippen molar-refractivity contribution in [2.75, 3.05) is 6.61 Å². The van der Waals surface area contributed by atoms with E-state index in [1.165, 1.54) is 0 Å². The molecule has 1 aliphatic rings. The molecular weight excluding hydrogens is 218 g/mol. The highest BCUT2D eigenvalue weighted by Gasteiger charge is 2.28. The van der Waals surface area contributed by atoms with Gasteiger partial charge < -0.3 is 9.94 Å². The number of nitrogens with zero attached hydrogens (tertiary/aromatic N) is 1. The van der Waals surface area contributed by atoms with Crippen LogP contribution in [0.25, 0.3) is 0 Å². The summed E-state index contributed by atoms with van der Waals surface area (Å²) in [4.78, 5) is 11.7. The molecule has 98 valence electrons. The minimum Gasteiger partial charge on any atom is -0.465 e. The molecule has 1 saturated carbocycles. The Bertz CT molecular complexity index is 268. The average molecular weight is 241 g/mol. The number of rotatable bonds is 5. The summed E-state index contributed by atoms with van der Waals surface area (Å²) in [6.45, 7) is 4.47. The van der Waals surface area contributed by atoms with Crippen molar-refractivity contribution in [3.05, 3.63) is 0 Å². The molecule has 1 fully saturated rings. The highest BCUT2D eigenvalue weighted by molar-refractivity contribution is 5.84. The summed E-state index contributed by atoms with van der Waals surface area (Å²) >= 11 is 0. The van der Waals surface area contributed by atoms with E-state index in [2.05, 4.69) is 12.1 Å². The van der Waals surface area contributed by atoms with Crippen molar-refractivity contribution in [1.29, 1.82) is 0 Å². The minimum absolute atomic E-state index is 0.0458. The van der Waals surface area contributed by atoms with Crippen LogP contribution >= 0.6 is 0 Å². The molecule has 0 aliphatic heterocycles. The van der Waals surface area contributed by atoms with Gasteiger partial charge in [-0.15, -0.1) is 0 Å². The van der Waals surface area contributed by atoms with E-state index in [4.69, 9.17) is 9.94 Å². The van der Waals surface area contributed by atoms with Gasteiger partial charge in [-0.25, -0.2) is 0 Å². The van der Waals surface area contributed by atoms with Crippen molar-refractivity contribution < 1.29 is 14.7 Å². The predicted octanol–water partition coefficient (Wildman–Crippen LogP) is 2.99. The number of esters is 1. The third-order valence-corrected chi connectivity index (χ3v) is 3.55. The highest BCUT2D eigenvalue weighted by atomic mass is 16.5. The lowest BCUT2D eigenvalue weighted by molar-refractivity contribution is -0.149. The molecule has 17 heavy (non-hydrogen) atoms. The van der Waals surface area contributed by atoms with Gasteiger partial charge in [-0.3, -0.25) is 4.79 Å². The Balaban J connectivity index is 2.29. The topological polar surface area (TPSA) is 58.9 Å². The molecule has 0 spiro atoms. The lowest BCUT2D eigenvalue weighted by atomic mass is 9.80. The quantitative estimate of drug-likeness (QED) is 0.265. The lowest BCUT2D eigenvalue weighted by Gasteiger charge is -2.26. The molecule has 0 aromatic rings. The van der Waals surface area contributed by atoms with E-state index in [1.807, 2.05) is 6.92 Å². The standard InChI is InChI=1S/C13H23NO3/c1-3-4-9-17-13(15)12-7-5-11(6-8-12)10(2)14-16/h11-12,16H,3-9H2,1-2H3. The van der Waals surface area contributed by atoms with Crippen molar-refractivity contribution in [3.8, 4) is 0 Å². The first-order valence-corrected chi connectivity index (χ1v) is 6.54. The third-order valence-electron chi connectivity index (χ3n) is 3.55. The second-order valence-corrected chi connectivity index (χ2v) is 4.81. The van der Waals surface area contributed by atoms with Crippen LogP contribution in [0.15, 0.2) is 5.16 Å². The summed E-state index contributed by atoms with van der Waals surface area (Å²) < 4.78 is 5.23. The summed E-state index contributed by atoms with van der Waals surface area (Å²) in [6, 6.07) is 0. The highest BCUT2D eigenvalue weighted by Crippen LogP contribution is 2.30. The number of unbranched alkanes of at least 4 members (excludes halogenated alkanes) is 1. The van der Waals surface area contributed by atoms with Crippen LogP contribution in [0.1, 0.15) is 52.4 Å². The van der Waals surface area contributed by atoms with Crippen molar-refractivity contribution in [3.63, 3.8) is 0 Å². The Kier molecular flexibility index (Phi) is 6.01. The largest absolute Gasteiger partial charge is 0.465 e. The van der Waals surface area contributed by atoms with Crippen LogP contribution in [0, 0.1) is 11.8 Å². The Morgan fingerprint density at radius 1 is 1.29 bits per heavy atom. The molecule has 1 aliphatic carbocycles. The zero-order valence-corrected chi connectivity index (χ0v) is 10.8. The number of carbonyl (C=O) groups is 1. The van der Waals surface area contributed by atoms with Gasteiger partial charge in [-0.2, -0.15) is 0 Å². The van der Waals surface area contributed by atoms with E-state index in [9.17, 15) is 4.79 Å². The van der Waals surface area contributed by atoms with Gasteiger partial charge in [0.05, 0.1) is 18.2 Å². The fourth-order valence-electron chi connectivity index (χ4n) is 2.26. The van der Waals surface area contributed by atoms with Gasteiger partial charge in [0.15, 0.2) is 0 Å². The summed E-state index contributed by atoms with van der Waals surface area (Å²) in [6.07, 6.45) is 5.53. The number of hydrogen-bond donors (Lipinski definition) is 1. The fourth-order valence-corrected chi connectivity index (χ4v) is 2.26. The molecule has 0 unspecified atom stereocenters. The number of ether oxygens (including phenoxy) is 1. The number of oxime groups is 1. The zero-order chi connectivity index (χ0) is 12.7. The molecule has 4 nitrogen and oxygen atoms in total. The van der Waals surface area contributed by atoms with Crippen LogP contribution in [-0.2, 0) is 9.53 Å². The monoisotopic (exact) mass is 241 g/mol. The average Bonchev–Trinajstić information content (AvgIpc) is 2.38. The molecule has 1 N–H and O–H groups in total. The van der Waals surface area contributed by atoms with Crippen molar-refractivity contribution in [2.45, 2.75) is 52.4 Å². The molecule has 1 rings (SSSR count). The molecule has 0 aromatic carbocycles. The van der Waals surface area contributed by atoms with E-state index in [0.29, 0.717) is 12.5 Å². The Labute approximate surface area is 103 Å². The summed E-state index contributed by atoms with van der Waals surface area (Å²) in [7, 11) is 0. The first-order valence-electron chi connectivity index (χ1n) is 6.54. The molecule has 0 bridgehead atoms. The maximum atomic E-state index is 11.7. The van der Waals surface area contributed by atoms with Gasteiger partial charge in [-0.05, 0) is 39.0 Å². The van der Waals surface area contributed by atoms with Crippen molar-refractivity contribution in [1.82, 2.24) is 0 Å². The van der Waals surface area contributed by atoms with Crippen LogP contribution in [0.5, 0.6) is 0 Å². The lowest BCUT2D eigenvalue weighted by Crippen LogP contribution is -2.26. The van der Waals surface area contributed by atoms with Crippen LogP contribution < -0.4 is 0 Å². The van der Waals surface area contributed by atoms with Crippen molar-refractivity contribution >= 4 is 11.7 Å². The summed E-state index contributed by atoms with van der Waals surface area (Å²) in [5, 5.41) is 11.9. The minimum atomic E-state index is -0.0458. The van der Waals surface area contributed by atoms with Gasteiger partial charge >= 0.3 is 5.97 Å². The van der Waals surface area contributed by atoms with Crippen LogP contribution in [0.2, 0.25) is 0 Å². The van der Waals surface area contributed by atoms with Gasteiger partial charge in [0.1, 0.15) is 0 Å². The Hall–Kier alpha value is -1.06. The molecule has 0 aromatic heterocycles. The predicted molar refractivity (Wildman–Crippen MR) is 66.2 cm³/mol. The van der Waals surface area contributed by atoms with E-state index in [0.717, 1.165) is 44.2 Å². The van der Waals surface area contributed by atoms with Gasteiger partial charge in [0, 0.05) is 5.92 Å². The smallest absolute Gasteiger partial charge is 0.308 e. The molecular formula is C13H23NO3. The first kappa shape index (κ1) is 14.0. The zero-order valence-electron chi connectivity index (χ0n) is 10.8. The number of carbonyl (C=O) groups excluding carboxylic acids is 1. The molecule has 0 saturated heterocycles. The number of hydrogen-bond acceptors (Lipinski definition) is 4. The maximum Gasteiger partial charge on any atom is 0.308 e. The second-order valence-electron chi connectivity index (χ2n) is 4.81. The van der Waals surface area contributed by atoms with E-state index < -0.39 is 0 Å². The SMILES string of the molecule is CCCCOC(=O)C1CCC(C(C)=NO)CC1. The van der Waals surface area contributed by atoms with Gasteiger partial charge in [0.2, 0.25) is 0 Å². The molecule has 0 radical (unpaired) electrons. The van der Waals surface area contributed by atoms with E-state index in [1.54, 1.807) is 0 Å². The molecule has 0 atom stereocenters. The summed E-state index contributed by atoms with van der Waals surface area (Å²) in [5.74, 6) is 0.338. The summed E-state index contributed by atoms with van der Waals surface area (Å²) in [5.41, 5.74) is 0.780. The van der Waals surface area contributed by atoms with Crippen LogP contribution in [0.4, 0.5) is 0 Å². The van der Waals surface area contributed by atoms with Crippen LogP contribution in [-0.4, -0.2) is 23.5 Å². The van der Waals surface area contributed by atoms with Crippen LogP contribution in [0.3, 0.4) is 0 Å². The van der Waals surface area contributed by atoms with Crippen molar-refractivity contribution in [2.24, 2.45) is 17.0 Å². The molecule has 4 heteroatoms. The van der Waals surface area contributed by atoms with E-state index >= 15 is 0 Å². The molecule has 0 amide bonds. The molecule has 0 heterocycles. The fraction of sp³-hybridized carbons (Fsp3) is 0.846. The third kappa shape index (κ3) is 4.36. The Morgan fingerprint density at radius 2 is 1.88 bits per heavy atom. The second kappa shape index (κ2) is 7.30. The van der Waals surface area contributed by atoms with E-state index in [-0.39, 0.29) is 11.9 Å². The first-order chi connectivity index (χ1) is 8.19. The van der Waals surface area contributed by atoms with Gasteiger partial charge in [0.25, 0.3) is 0 Å². The maximum absolute atomic E-state index is 11.7.